The molecule has 0 N–H and O–H groups in total. The van der Waals surface area contributed by atoms with Gasteiger partial charge < -0.3 is 9.64 Å². The number of carbonyl (C=O) groups is 1. The van der Waals surface area contributed by atoms with Crippen LogP contribution in [0.25, 0.3) is 11.7 Å². The zero-order chi connectivity index (χ0) is 23.7. The van der Waals surface area contributed by atoms with Crippen molar-refractivity contribution in [2.75, 3.05) is 37.7 Å². The van der Waals surface area contributed by atoms with Crippen molar-refractivity contribution in [3.8, 4) is 0 Å². The van der Waals surface area contributed by atoms with Gasteiger partial charge in [0.15, 0.2) is 0 Å². The van der Waals surface area contributed by atoms with Crippen LogP contribution in [0.3, 0.4) is 0 Å². The normalized spacial score (nSPS) is 17.9. The summed E-state index contributed by atoms with van der Waals surface area (Å²) in [4.78, 5) is 35.7. The SMILES string of the molecule is Cc1ccc2nc(N3CCOCC3)c(C=C3SC(=S)N(CCc4ccccc4)C3=O)c(=O)n2c1. The van der Waals surface area contributed by atoms with E-state index in [0.29, 0.717) is 65.5 Å². The van der Waals surface area contributed by atoms with E-state index < -0.39 is 0 Å². The molecule has 9 heteroatoms. The van der Waals surface area contributed by atoms with Gasteiger partial charge in [-0.3, -0.25) is 18.9 Å². The summed E-state index contributed by atoms with van der Waals surface area (Å²) in [6.07, 6.45) is 4.14. The summed E-state index contributed by atoms with van der Waals surface area (Å²) < 4.78 is 7.53. The molecule has 0 saturated carbocycles. The molecule has 0 atom stereocenters. The van der Waals surface area contributed by atoms with Gasteiger partial charge in [-0.1, -0.05) is 60.4 Å². The van der Waals surface area contributed by atoms with Crippen LogP contribution < -0.4 is 10.5 Å². The molecule has 3 aromatic rings. The molecule has 0 aliphatic carbocycles. The van der Waals surface area contributed by atoms with Gasteiger partial charge in [0.05, 0.1) is 23.7 Å². The summed E-state index contributed by atoms with van der Waals surface area (Å²) in [5, 5.41) is 0. The van der Waals surface area contributed by atoms with E-state index in [2.05, 4.69) is 0 Å². The number of anilines is 1. The van der Waals surface area contributed by atoms with Crippen LogP contribution in [0, 0.1) is 6.92 Å². The maximum atomic E-state index is 13.6. The van der Waals surface area contributed by atoms with Crippen LogP contribution in [0.4, 0.5) is 5.82 Å². The second-order valence-electron chi connectivity index (χ2n) is 8.26. The zero-order valence-corrected chi connectivity index (χ0v) is 20.4. The Labute approximate surface area is 207 Å². The first-order valence-corrected chi connectivity index (χ1v) is 12.4. The van der Waals surface area contributed by atoms with Crippen molar-refractivity contribution >= 4 is 51.7 Å². The number of amides is 1. The highest BCUT2D eigenvalue weighted by Crippen LogP contribution is 2.33. The lowest BCUT2D eigenvalue weighted by Gasteiger charge is -2.29. The number of morpholine rings is 1. The van der Waals surface area contributed by atoms with E-state index in [4.69, 9.17) is 21.9 Å². The van der Waals surface area contributed by atoms with Crippen LogP contribution in [0.5, 0.6) is 0 Å². The Balaban J connectivity index is 1.52. The first-order valence-electron chi connectivity index (χ1n) is 11.2. The van der Waals surface area contributed by atoms with Crippen molar-refractivity contribution < 1.29 is 9.53 Å². The van der Waals surface area contributed by atoms with Gasteiger partial charge in [0.1, 0.15) is 15.8 Å². The fourth-order valence-electron chi connectivity index (χ4n) is 4.10. The molecule has 5 rings (SSSR count). The van der Waals surface area contributed by atoms with Crippen LogP contribution in [0.2, 0.25) is 0 Å². The van der Waals surface area contributed by atoms with Crippen molar-refractivity contribution in [3.05, 3.63) is 80.6 Å². The number of pyridine rings is 1. The summed E-state index contributed by atoms with van der Waals surface area (Å²) in [5.41, 5.74) is 2.86. The Morgan fingerprint density at radius 3 is 2.65 bits per heavy atom. The second-order valence-corrected chi connectivity index (χ2v) is 9.93. The number of rotatable bonds is 5. The number of hydrogen-bond donors (Lipinski definition) is 0. The van der Waals surface area contributed by atoms with E-state index in [-0.39, 0.29) is 11.5 Å². The van der Waals surface area contributed by atoms with Gasteiger partial charge in [-0.15, -0.1) is 0 Å². The van der Waals surface area contributed by atoms with E-state index in [9.17, 15) is 9.59 Å². The third kappa shape index (κ3) is 4.51. The Hall–Kier alpha value is -3.01. The lowest BCUT2D eigenvalue weighted by atomic mass is 10.1. The van der Waals surface area contributed by atoms with Crippen LogP contribution in [0.15, 0.2) is 58.4 Å². The second kappa shape index (κ2) is 9.69. The molecule has 4 heterocycles. The summed E-state index contributed by atoms with van der Waals surface area (Å²) >= 11 is 6.75. The highest BCUT2D eigenvalue weighted by molar-refractivity contribution is 8.26. The highest BCUT2D eigenvalue weighted by atomic mass is 32.2. The Bertz CT molecular complexity index is 1350. The summed E-state index contributed by atoms with van der Waals surface area (Å²) in [5.74, 6) is 0.402. The Morgan fingerprint density at radius 1 is 1.12 bits per heavy atom. The van der Waals surface area contributed by atoms with Crippen molar-refractivity contribution in [3.63, 3.8) is 0 Å². The van der Waals surface area contributed by atoms with Crippen molar-refractivity contribution in [1.29, 1.82) is 0 Å². The van der Waals surface area contributed by atoms with Gasteiger partial charge in [-0.25, -0.2) is 4.98 Å². The number of nitrogens with zero attached hydrogens (tertiary/aromatic N) is 4. The summed E-state index contributed by atoms with van der Waals surface area (Å²) in [7, 11) is 0. The summed E-state index contributed by atoms with van der Waals surface area (Å²) in [6.45, 7) is 4.82. The van der Waals surface area contributed by atoms with Gasteiger partial charge in [-0.05, 0) is 36.6 Å². The topological polar surface area (TPSA) is 67.2 Å². The fourth-order valence-corrected chi connectivity index (χ4v) is 5.39. The number of thiocarbonyl (C=S) groups is 1. The molecule has 2 fully saturated rings. The number of carbonyl (C=O) groups excluding carboxylic acids is 1. The number of hydrogen-bond acceptors (Lipinski definition) is 7. The average Bonchev–Trinajstić information content (AvgIpc) is 3.13. The van der Waals surface area contributed by atoms with Gasteiger partial charge in [0.25, 0.3) is 11.5 Å². The molecule has 34 heavy (non-hydrogen) atoms. The minimum Gasteiger partial charge on any atom is -0.378 e. The monoisotopic (exact) mass is 492 g/mol. The molecule has 7 nitrogen and oxygen atoms in total. The average molecular weight is 493 g/mol. The van der Waals surface area contributed by atoms with E-state index in [0.717, 1.165) is 11.1 Å². The van der Waals surface area contributed by atoms with Gasteiger partial charge in [0.2, 0.25) is 0 Å². The quantitative estimate of drug-likeness (QED) is 0.400. The number of fused-ring (bicyclic) bond motifs is 1. The first kappa shape index (κ1) is 22.8. The first-order chi connectivity index (χ1) is 16.5. The molecule has 0 unspecified atom stereocenters. The Kier molecular flexibility index (Phi) is 6.49. The number of aryl methyl sites for hydroxylation is 1. The van der Waals surface area contributed by atoms with Crippen LogP contribution in [-0.4, -0.2) is 57.4 Å². The predicted molar refractivity (Wildman–Crippen MR) is 139 cm³/mol. The van der Waals surface area contributed by atoms with Crippen molar-refractivity contribution in [2.24, 2.45) is 0 Å². The standard InChI is InChI=1S/C25H24N4O3S2/c1-17-7-8-21-26-22(27-11-13-32-14-12-27)19(23(30)29(21)16-17)15-20-24(31)28(25(33)34-20)10-9-18-5-3-2-4-6-18/h2-8,15-16H,9-14H2,1H3. The molecule has 0 radical (unpaired) electrons. The number of thioether (sulfide) groups is 1. The molecular weight excluding hydrogens is 468 g/mol. The maximum Gasteiger partial charge on any atom is 0.267 e. The van der Waals surface area contributed by atoms with Crippen molar-refractivity contribution in [2.45, 2.75) is 13.3 Å². The lowest BCUT2D eigenvalue weighted by molar-refractivity contribution is -0.122. The van der Waals surface area contributed by atoms with Crippen LogP contribution >= 0.6 is 24.0 Å². The number of ether oxygens (including phenoxy) is 1. The van der Waals surface area contributed by atoms with E-state index in [1.165, 1.54) is 11.8 Å². The van der Waals surface area contributed by atoms with Crippen LogP contribution in [0.1, 0.15) is 16.7 Å². The van der Waals surface area contributed by atoms with Gasteiger partial charge in [0, 0.05) is 25.8 Å². The smallest absolute Gasteiger partial charge is 0.267 e. The lowest BCUT2D eigenvalue weighted by Crippen LogP contribution is -2.38. The van der Waals surface area contributed by atoms with Crippen LogP contribution in [-0.2, 0) is 16.0 Å². The van der Waals surface area contributed by atoms with Gasteiger partial charge in [-0.2, -0.15) is 0 Å². The highest BCUT2D eigenvalue weighted by Gasteiger charge is 2.32. The number of aromatic nitrogens is 2. The van der Waals surface area contributed by atoms with E-state index in [1.807, 2.05) is 54.3 Å². The zero-order valence-electron chi connectivity index (χ0n) is 18.8. The largest absolute Gasteiger partial charge is 0.378 e. The molecule has 1 amide bonds. The molecule has 2 aromatic heterocycles. The molecule has 2 aliphatic heterocycles. The fraction of sp³-hybridized carbons (Fsp3) is 0.280. The van der Waals surface area contributed by atoms with E-state index in [1.54, 1.807) is 21.6 Å². The van der Waals surface area contributed by atoms with Gasteiger partial charge >= 0.3 is 0 Å². The molecule has 174 valence electrons. The summed E-state index contributed by atoms with van der Waals surface area (Å²) in [6, 6.07) is 13.8. The minimum absolute atomic E-state index is 0.174. The minimum atomic E-state index is -0.204. The molecule has 2 aliphatic rings. The molecule has 0 bridgehead atoms. The molecule has 0 spiro atoms. The third-order valence-corrected chi connectivity index (χ3v) is 7.29. The van der Waals surface area contributed by atoms with E-state index >= 15 is 0 Å². The van der Waals surface area contributed by atoms with Crippen molar-refractivity contribution in [1.82, 2.24) is 14.3 Å². The third-order valence-electron chi connectivity index (χ3n) is 5.91. The Morgan fingerprint density at radius 2 is 1.88 bits per heavy atom. The molecule has 2 saturated heterocycles. The predicted octanol–water partition coefficient (Wildman–Crippen LogP) is 3.28. The maximum absolute atomic E-state index is 13.6. The molecule has 1 aromatic carbocycles. The number of benzene rings is 1. The molecular formula is C25H24N4O3S2.